The van der Waals surface area contributed by atoms with Crippen LogP contribution in [0.4, 0.5) is 0 Å². The molecule has 0 bridgehead atoms. The predicted octanol–water partition coefficient (Wildman–Crippen LogP) is 7.83. The van der Waals surface area contributed by atoms with Crippen molar-refractivity contribution in [1.29, 1.82) is 0 Å². The fourth-order valence-corrected chi connectivity index (χ4v) is 18.1. The van der Waals surface area contributed by atoms with Crippen LogP contribution in [0.5, 0.6) is 0 Å². The van der Waals surface area contributed by atoms with E-state index in [1.54, 1.807) is 4.50 Å². The van der Waals surface area contributed by atoms with Crippen LogP contribution < -0.4 is 4.50 Å². The van der Waals surface area contributed by atoms with Crippen molar-refractivity contribution in [2.75, 3.05) is 0 Å². The lowest BCUT2D eigenvalue weighted by atomic mass is 10.5. The van der Waals surface area contributed by atoms with Crippen molar-refractivity contribution in [3.63, 3.8) is 0 Å². The molecule has 0 N–H and O–H groups in total. The van der Waals surface area contributed by atoms with Crippen molar-refractivity contribution in [3.8, 4) is 0 Å². The highest BCUT2D eigenvalue weighted by Gasteiger charge is 2.45. The molecule has 0 spiro atoms. The van der Waals surface area contributed by atoms with E-state index in [0.717, 1.165) is 16.6 Å². The second-order valence-corrected chi connectivity index (χ2v) is 17.8. The van der Waals surface area contributed by atoms with Gasteiger partial charge in [-0.15, -0.1) is 34.0 Å². The Hall–Kier alpha value is 0.317. The van der Waals surface area contributed by atoms with Gasteiger partial charge in [-0.25, -0.2) is 0 Å². The first kappa shape index (κ1) is 17.2. The van der Waals surface area contributed by atoms with Gasteiger partial charge in [0.25, 0.3) is 0 Å². The molecule has 0 aliphatic rings. The van der Waals surface area contributed by atoms with Gasteiger partial charge < -0.3 is 0 Å². The molecule has 0 fully saturated rings. The quantitative estimate of drug-likeness (QED) is 0.369. The van der Waals surface area contributed by atoms with Gasteiger partial charge in [0.1, 0.15) is 8.07 Å². The summed E-state index contributed by atoms with van der Waals surface area (Å²) in [5, 5.41) is 0. The summed E-state index contributed by atoms with van der Waals surface area (Å²) in [6.45, 7) is 14.7. The number of hydrogen-bond acceptors (Lipinski definition) is 3. The maximum absolute atomic E-state index is 3.64. The first-order chi connectivity index (χ1) is 10.3. The second kappa shape index (κ2) is 5.99. The van der Waals surface area contributed by atoms with E-state index in [0.29, 0.717) is 0 Å². The number of halogens is 1. The molecule has 0 amide bonds. The Morgan fingerprint density at radius 2 is 1.27 bits per heavy atom. The highest BCUT2D eigenvalue weighted by atomic mass is 79.9. The summed E-state index contributed by atoms with van der Waals surface area (Å²) in [5.41, 5.74) is 2.35. The first-order valence-corrected chi connectivity index (χ1v) is 13.4. The van der Waals surface area contributed by atoms with Crippen LogP contribution in [0.3, 0.4) is 0 Å². The molecule has 22 heavy (non-hydrogen) atoms. The Bertz CT molecular complexity index is 785. The lowest BCUT2D eigenvalue weighted by molar-refractivity contribution is 0.837. The molecule has 120 valence electrons. The minimum Gasteiger partial charge on any atom is -0.142 e. The zero-order valence-electron chi connectivity index (χ0n) is 14.0. The largest absolute Gasteiger partial charge is 0.142 e. The van der Waals surface area contributed by atoms with E-state index >= 15 is 0 Å². The molecule has 0 saturated heterocycles. The van der Waals surface area contributed by atoms with Crippen molar-refractivity contribution in [1.82, 2.24) is 0 Å². The predicted molar refractivity (Wildman–Crippen MR) is 113 cm³/mol. The molecule has 3 aromatic rings. The van der Waals surface area contributed by atoms with Crippen molar-refractivity contribution < 1.29 is 0 Å². The van der Waals surface area contributed by atoms with Crippen LogP contribution in [0.2, 0.25) is 16.6 Å². The van der Waals surface area contributed by atoms with Crippen LogP contribution >= 0.6 is 49.9 Å². The molecule has 0 radical (unpaired) electrons. The Balaban J connectivity index is 2.25. The third-order valence-corrected chi connectivity index (χ3v) is 17.3. The summed E-state index contributed by atoms with van der Waals surface area (Å²) in [6, 6.07) is 4.83. The molecule has 0 unspecified atom stereocenters. The van der Waals surface area contributed by atoms with Crippen LogP contribution in [-0.4, -0.2) is 8.07 Å². The summed E-state index contributed by atoms with van der Waals surface area (Å²) in [5.74, 6) is 0. The fraction of sp³-hybridized carbons (Fsp3) is 0.529. The first-order valence-electron chi connectivity index (χ1n) is 7.90. The van der Waals surface area contributed by atoms with Gasteiger partial charge in [-0.1, -0.05) is 41.5 Å². The molecule has 0 nitrogen and oxygen atoms in total. The van der Waals surface area contributed by atoms with Gasteiger partial charge in [-0.05, 0) is 49.2 Å². The SMILES string of the molecule is CC(C)[Si](c1cc2sc3cc(Br)sc3c2s1)(C(C)C)C(C)C. The molecule has 0 aromatic carbocycles. The van der Waals surface area contributed by atoms with Crippen molar-refractivity contribution in [2.45, 2.75) is 58.2 Å². The summed E-state index contributed by atoms with van der Waals surface area (Å²) in [6.07, 6.45) is 0. The van der Waals surface area contributed by atoms with Gasteiger partial charge in [-0.2, -0.15) is 0 Å². The normalized spacial score (nSPS) is 13.5. The van der Waals surface area contributed by atoms with Crippen LogP contribution in [-0.2, 0) is 0 Å². The summed E-state index contributed by atoms with van der Waals surface area (Å²) in [7, 11) is -1.51. The molecule has 3 rings (SSSR count). The van der Waals surface area contributed by atoms with Gasteiger partial charge in [0, 0.05) is 9.40 Å². The van der Waals surface area contributed by atoms with E-state index in [1.165, 1.54) is 22.6 Å². The van der Waals surface area contributed by atoms with E-state index < -0.39 is 8.07 Å². The number of thiophene rings is 3. The maximum Gasteiger partial charge on any atom is 0.107 e. The van der Waals surface area contributed by atoms with E-state index in [-0.39, 0.29) is 0 Å². The van der Waals surface area contributed by atoms with Gasteiger partial charge in [-0.3, -0.25) is 0 Å². The average molecular weight is 432 g/mol. The minimum atomic E-state index is -1.51. The highest BCUT2D eigenvalue weighted by Crippen LogP contribution is 2.47. The van der Waals surface area contributed by atoms with Crippen molar-refractivity contribution in [3.05, 3.63) is 15.9 Å². The Morgan fingerprint density at radius 1 is 0.773 bits per heavy atom. The number of hydrogen-bond donors (Lipinski definition) is 0. The third kappa shape index (κ3) is 2.39. The van der Waals surface area contributed by atoms with Gasteiger partial charge in [0.15, 0.2) is 0 Å². The topological polar surface area (TPSA) is 0 Å². The van der Waals surface area contributed by atoms with Gasteiger partial charge >= 0.3 is 0 Å². The van der Waals surface area contributed by atoms with E-state index in [2.05, 4.69) is 80.9 Å². The second-order valence-electron chi connectivity index (χ2n) is 7.05. The van der Waals surface area contributed by atoms with Crippen LogP contribution in [0, 0.1) is 0 Å². The molecule has 3 aromatic heterocycles. The lowest BCUT2D eigenvalue weighted by Crippen LogP contribution is -2.54. The minimum absolute atomic E-state index is 0.783. The van der Waals surface area contributed by atoms with E-state index in [4.69, 9.17) is 0 Å². The summed E-state index contributed by atoms with van der Waals surface area (Å²) >= 11 is 9.60. The average Bonchev–Trinajstić information content (AvgIpc) is 2.99. The van der Waals surface area contributed by atoms with Crippen LogP contribution in [0.25, 0.3) is 18.8 Å². The summed E-state index contributed by atoms with van der Waals surface area (Å²) in [4.78, 5) is 0. The van der Waals surface area contributed by atoms with Gasteiger partial charge in [0.05, 0.1) is 13.2 Å². The highest BCUT2D eigenvalue weighted by molar-refractivity contribution is 9.11. The van der Waals surface area contributed by atoms with Crippen molar-refractivity contribution >= 4 is 81.3 Å². The van der Waals surface area contributed by atoms with E-state index in [1.807, 2.05) is 22.7 Å². The standard InChI is InChI=1S/C17H23BrS3Si/c1-9(2)22(10(3)4,11(5)6)15-8-13-17(21-15)16-12(19-13)7-14(18)20-16/h7-11H,1-6H3. The van der Waals surface area contributed by atoms with Crippen molar-refractivity contribution in [2.24, 2.45) is 0 Å². The number of rotatable bonds is 4. The zero-order valence-corrected chi connectivity index (χ0v) is 19.0. The molecule has 0 aliphatic heterocycles. The molecule has 0 atom stereocenters. The molecule has 0 aliphatic carbocycles. The molecular weight excluding hydrogens is 408 g/mol. The molecule has 0 saturated carbocycles. The molecule has 3 heterocycles. The van der Waals surface area contributed by atoms with Gasteiger partial charge in [0.2, 0.25) is 0 Å². The van der Waals surface area contributed by atoms with Crippen LogP contribution in [0.1, 0.15) is 41.5 Å². The number of fused-ring (bicyclic) bond motifs is 3. The molecular formula is C17H23BrS3Si. The zero-order chi connectivity index (χ0) is 16.2. The lowest BCUT2D eigenvalue weighted by Gasteiger charge is -2.42. The van der Waals surface area contributed by atoms with Crippen LogP contribution in [0.15, 0.2) is 15.9 Å². The smallest absolute Gasteiger partial charge is 0.107 e. The maximum atomic E-state index is 3.64. The third-order valence-electron chi connectivity index (χ3n) is 5.08. The Morgan fingerprint density at radius 3 is 1.82 bits per heavy atom. The molecule has 5 heteroatoms. The fourth-order valence-electron chi connectivity index (χ4n) is 4.37. The monoisotopic (exact) mass is 430 g/mol. The van der Waals surface area contributed by atoms with E-state index in [9.17, 15) is 0 Å². The Kier molecular flexibility index (Phi) is 4.67. The summed E-state index contributed by atoms with van der Waals surface area (Å²) < 4.78 is 8.95. The Labute approximate surface area is 154 Å².